The van der Waals surface area contributed by atoms with E-state index in [1.165, 1.54) is 13.8 Å². The summed E-state index contributed by atoms with van der Waals surface area (Å²) in [7, 11) is 0. The normalized spacial score (nSPS) is 12.9. The number of nitrogens with zero attached hydrogens (tertiary/aromatic N) is 1. The van der Waals surface area contributed by atoms with Crippen LogP contribution in [0.2, 0.25) is 0 Å². The minimum absolute atomic E-state index is 0.208. The van der Waals surface area contributed by atoms with Gasteiger partial charge in [0.05, 0.1) is 31.3 Å². The Bertz CT molecular complexity index is 717. The van der Waals surface area contributed by atoms with Crippen molar-refractivity contribution in [3.05, 3.63) is 34.6 Å². The first kappa shape index (κ1) is 20.3. The Balaban J connectivity index is 3.78. The third kappa shape index (κ3) is 3.55. The van der Waals surface area contributed by atoms with Gasteiger partial charge in [0.2, 0.25) is 5.82 Å². The first-order chi connectivity index (χ1) is 11.7. The van der Waals surface area contributed by atoms with Gasteiger partial charge in [-0.25, -0.2) is 26.7 Å². The molecule has 0 N–H and O–H groups in total. The van der Waals surface area contributed by atoms with E-state index in [0.717, 1.165) is 6.07 Å². The first-order valence-electron chi connectivity index (χ1n) is 6.93. The zero-order chi connectivity index (χ0) is 19.4. The van der Waals surface area contributed by atoms with Crippen molar-refractivity contribution < 1.29 is 41.0 Å². The summed E-state index contributed by atoms with van der Waals surface area (Å²) in [5, 5.41) is 9.31. The third-order valence-corrected chi connectivity index (χ3v) is 3.17. The number of carbonyl (C=O) groups is 2. The SMILES string of the molecule is CCOC(=O)CC(C#N)(C(=O)OCC)c1c(F)c(F)c(F)c(F)c1F. The predicted molar refractivity (Wildman–Crippen MR) is 71.4 cm³/mol. The van der Waals surface area contributed by atoms with Gasteiger partial charge in [-0.3, -0.25) is 4.79 Å². The highest BCUT2D eigenvalue weighted by Gasteiger charge is 2.51. The lowest BCUT2D eigenvalue weighted by Crippen LogP contribution is -2.41. The molecule has 1 atom stereocenters. The average Bonchev–Trinajstić information content (AvgIpc) is 2.57. The Hall–Kier alpha value is -2.70. The molecule has 0 aliphatic rings. The van der Waals surface area contributed by atoms with Crippen molar-refractivity contribution in [1.29, 1.82) is 5.26 Å². The Kier molecular flexibility index (Phi) is 6.44. The number of benzene rings is 1. The number of carbonyl (C=O) groups excluding carboxylic acids is 2. The lowest BCUT2D eigenvalue weighted by atomic mass is 9.78. The quantitative estimate of drug-likeness (QED) is 0.335. The van der Waals surface area contributed by atoms with Crippen LogP contribution in [0.4, 0.5) is 22.0 Å². The molecule has 0 spiro atoms. The van der Waals surface area contributed by atoms with Crippen LogP contribution in [0.5, 0.6) is 0 Å². The van der Waals surface area contributed by atoms with Gasteiger partial charge in [0, 0.05) is 0 Å². The highest BCUT2D eigenvalue weighted by molar-refractivity contribution is 5.92. The van der Waals surface area contributed by atoms with Crippen LogP contribution in [0.25, 0.3) is 0 Å². The zero-order valence-electron chi connectivity index (χ0n) is 13.1. The van der Waals surface area contributed by atoms with Crippen LogP contribution in [0.1, 0.15) is 25.8 Å². The van der Waals surface area contributed by atoms with Crippen molar-refractivity contribution in [2.75, 3.05) is 13.2 Å². The Morgan fingerprint density at radius 2 is 1.36 bits per heavy atom. The maximum atomic E-state index is 14.1. The molecule has 0 radical (unpaired) electrons. The summed E-state index contributed by atoms with van der Waals surface area (Å²) in [4.78, 5) is 23.8. The second-order valence-corrected chi connectivity index (χ2v) is 4.66. The van der Waals surface area contributed by atoms with Gasteiger partial charge < -0.3 is 9.47 Å². The Labute approximate surface area is 138 Å². The van der Waals surface area contributed by atoms with Crippen molar-refractivity contribution in [2.24, 2.45) is 0 Å². The highest BCUT2D eigenvalue weighted by atomic mass is 19.2. The molecule has 0 aliphatic carbocycles. The average molecular weight is 365 g/mol. The number of hydrogen-bond donors (Lipinski definition) is 0. The first-order valence-corrected chi connectivity index (χ1v) is 6.93. The van der Waals surface area contributed by atoms with Gasteiger partial charge >= 0.3 is 11.9 Å². The molecule has 136 valence electrons. The molecule has 25 heavy (non-hydrogen) atoms. The van der Waals surface area contributed by atoms with Crippen LogP contribution in [0, 0.1) is 40.4 Å². The van der Waals surface area contributed by atoms with E-state index in [0.29, 0.717) is 0 Å². The van der Waals surface area contributed by atoms with Crippen molar-refractivity contribution in [2.45, 2.75) is 25.7 Å². The maximum absolute atomic E-state index is 14.1. The van der Waals surface area contributed by atoms with Crippen LogP contribution in [-0.2, 0) is 24.5 Å². The van der Waals surface area contributed by atoms with Crippen LogP contribution in [0.15, 0.2) is 0 Å². The smallest absolute Gasteiger partial charge is 0.331 e. The van der Waals surface area contributed by atoms with Gasteiger partial charge in [0.25, 0.3) is 0 Å². The molecule has 10 heteroatoms. The van der Waals surface area contributed by atoms with Gasteiger partial charge in [-0.2, -0.15) is 5.26 Å². The fourth-order valence-corrected chi connectivity index (χ4v) is 2.07. The minimum Gasteiger partial charge on any atom is -0.466 e. The molecule has 0 fully saturated rings. The van der Waals surface area contributed by atoms with Crippen LogP contribution in [0.3, 0.4) is 0 Å². The predicted octanol–water partition coefficient (Wildman–Crippen LogP) is 2.66. The Morgan fingerprint density at radius 1 is 0.920 bits per heavy atom. The second-order valence-electron chi connectivity index (χ2n) is 4.66. The topological polar surface area (TPSA) is 76.4 Å². The van der Waals surface area contributed by atoms with Gasteiger partial charge in [-0.05, 0) is 13.8 Å². The summed E-state index contributed by atoms with van der Waals surface area (Å²) in [6.07, 6.45) is -1.30. The summed E-state index contributed by atoms with van der Waals surface area (Å²) in [6, 6.07) is 1.15. The summed E-state index contributed by atoms with van der Waals surface area (Å²) < 4.78 is 77.3. The molecule has 1 aromatic carbocycles. The number of rotatable bonds is 6. The van der Waals surface area contributed by atoms with E-state index < -0.39 is 58.4 Å². The monoisotopic (exact) mass is 365 g/mol. The lowest BCUT2D eigenvalue weighted by molar-refractivity contribution is -0.154. The molecule has 1 aromatic rings. The van der Waals surface area contributed by atoms with E-state index in [2.05, 4.69) is 9.47 Å². The molecule has 5 nitrogen and oxygen atoms in total. The van der Waals surface area contributed by atoms with Crippen molar-refractivity contribution >= 4 is 11.9 Å². The van der Waals surface area contributed by atoms with Crippen molar-refractivity contribution in [3.8, 4) is 6.07 Å². The molecule has 0 aliphatic heterocycles. The molecule has 0 saturated heterocycles. The standard InChI is InChI=1S/C15H12F5NO4/c1-3-24-7(22)5-15(6-21,14(23)25-4-2)8-9(16)11(18)13(20)12(19)10(8)17/h3-5H2,1-2H3. The van der Waals surface area contributed by atoms with Crippen LogP contribution < -0.4 is 0 Å². The lowest BCUT2D eigenvalue weighted by Gasteiger charge is -2.25. The largest absolute Gasteiger partial charge is 0.466 e. The Morgan fingerprint density at radius 3 is 1.76 bits per heavy atom. The van der Waals surface area contributed by atoms with E-state index in [4.69, 9.17) is 0 Å². The fraction of sp³-hybridized carbons (Fsp3) is 0.400. The number of esters is 2. The molecule has 0 amide bonds. The summed E-state index contributed by atoms with van der Waals surface area (Å²) in [5.74, 6) is -14.9. The molecule has 0 saturated carbocycles. The molecule has 0 bridgehead atoms. The molecule has 1 rings (SSSR count). The van der Waals surface area contributed by atoms with Gasteiger partial charge in [-0.1, -0.05) is 0 Å². The van der Waals surface area contributed by atoms with Gasteiger partial charge in [0.1, 0.15) is 0 Å². The summed E-state index contributed by atoms with van der Waals surface area (Å²) in [6.45, 7) is 2.07. The van der Waals surface area contributed by atoms with Crippen molar-refractivity contribution in [3.63, 3.8) is 0 Å². The number of hydrogen-bond acceptors (Lipinski definition) is 5. The zero-order valence-corrected chi connectivity index (χ0v) is 13.1. The van der Waals surface area contributed by atoms with Gasteiger partial charge in [-0.15, -0.1) is 0 Å². The van der Waals surface area contributed by atoms with E-state index in [-0.39, 0.29) is 13.2 Å². The van der Waals surface area contributed by atoms with E-state index in [9.17, 15) is 36.8 Å². The van der Waals surface area contributed by atoms with E-state index >= 15 is 0 Å². The summed E-state index contributed by atoms with van der Waals surface area (Å²) in [5.41, 5.74) is -4.87. The number of halogens is 5. The van der Waals surface area contributed by atoms with E-state index in [1.807, 2.05) is 0 Å². The van der Waals surface area contributed by atoms with Crippen LogP contribution in [-0.4, -0.2) is 25.2 Å². The van der Waals surface area contributed by atoms with Gasteiger partial charge in [0.15, 0.2) is 28.7 Å². The van der Waals surface area contributed by atoms with Crippen LogP contribution >= 0.6 is 0 Å². The number of nitriles is 1. The number of ether oxygens (including phenoxy) is 2. The minimum atomic E-state index is -3.11. The fourth-order valence-electron chi connectivity index (χ4n) is 2.07. The van der Waals surface area contributed by atoms with Crippen molar-refractivity contribution in [1.82, 2.24) is 0 Å². The summed E-state index contributed by atoms with van der Waals surface area (Å²) >= 11 is 0. The molecule has 1 unspecified atom stereocenters. The maximum Gasteiger partial charge on any atom is 0.331 e. The third-order valence-electron chi connectivity index (χ3n) is 3.17. The molecule has 0 heterocycles. The molecular weight excluding hydrogens is 353 g/mol. The van der Waals surface area contributed by atoms with E-state index in [1.54, 1.807) is 0 Å². The molecular formula is C15H12F5NO4. The highest BCUT2D eigenvalue weighted by Crippen LogP contribution is 2.37. The second kappa shape index (κ2) is 7.92. The molecule has 0 aromatic heterocycles.